The van der Waals surface area contributed by atoms with Gasteiger partial charge in [-0.05, 0) is 37.3 Å². The number of rotatable bonds is 4. The van der Waals surface area contributed by atoms with E-state index in [2.05, 4.69) is 0 Å². The summed E-state index contributed by atoms with van der Waals surface area (Å²) in [5, 5.41) is 9.98. The van der Waals surface area contributed by atoms with Crippen LogP contribution >= 0.6 is 11.6 Å². The first-order valence-electron chi connectivity index (χ1n) is 6.08. The van der Waals surface area contributed by atoms with Crippen LogP contribution in [0.1, 0.15) is 12.5 Å². The zero-order valence-corrected chi connectivity index (χ0v) is 11.4. The van der Waals surface area contributed by atoms with E-state index in [1.165, 1.54) is 6.07 Å². The highest BCUT2D eigenvalue weighted by molar-refractivity contribution is 6.30. The summed E-state index contributed by atoms with van der Waals surface area (Å²) in [6.45, 7) is 2.39. The van der Waals surface area contributed by atoms with Crippen molar-refractivity contribution in [3.63, 3.8) is 0 Å². The van der Waals surface area contributed by atoms with E-state index in [0.717, 1.165) is 5.69 Å². The maximum Gasteiger partial charge on any atom is 0.146 e. The first kappa shape index (κ1) is 13.8. The average Bonchev–Trinajstić information content (AvgIpc) is 2.43. The van der Waals surface area contributed by atoms with Crippen molar-refractivity contribution in [1.82, 2.24) is 0 Å². The molecule has 0 unspecified atom stereocenters. The standard InChI is InChI=1S/C15H15ClFNO/c1-2-18(15-6-4-3-5-13(15)17)14-8-7-12(16)9-11(14)10-19/h3-9,19H,2,10H2,1H3. The summed E-state index contributed by atoms with van der Waals surface area (Å²) in [6, 6.07) is 11.8. The van der Waals surface area contributed by atoms with Gasteiger partial charge in [-0.2, -0.15) is 0 Å². The Balaban J connectivity index is 2.51. The molecule has 2 aromatic carbocycles. The molecule has 0 radical (unpaired) electrons. The summed E-state index contributed by atoms with van der Waals surface area (Å²) in [5.74, 6) is -0.289. The van der Waals surface area contributed by atoms with Crippen molar-refractivity contribution in [3.05, 3.63) is 58.9 Å². The van der Waals surface area contributed by atoms with Gasteiger partial charge in [0.05, 0.1) is 12.3 Å². The molecule has 0 fully saturated rings. The van der Waals surface area contributed by atoms with Gasteiger partial charge in [0, 0.05) is 22.8 Å². The number of aliphatic hydroxyl groups excluding tert-OH is 1. The highest BCUT2D eigenvalue weighted by Gasteiger charge is 2.14. The highest BCUT2D eigenvalue weighted by atomic mass is 35.5. The Hall–Kier alpha value is -1.58. The van der Waals surface area contributed by atoms with Crippen LogP contribution in [-0.4, -0.2) is 11.7 Å². The minimum absolute atomic E-state index is 0.138. The van der Waals surface area contributed by atoms with Gasteiger partial charge in [-0.3, -0.25) is 0 Å². The Kier molecular flexibility index (Phi) is 4.40. The Labute approximate surface area is 117 Å². The fraction of sp³-hybridized carbons (Fsp3) is 0.200. The topological polar surface area (TPSA) is 23.5 Å². The van der Waals surface area contributed by atoms with Crippen molar-refractivity contribution in [3.8, 4) is 0 Å². The third-order valence-electron chi connectivity index (χ3n) is 2.96. The minimum Gasteiger partial charge on any atom is -0.392 e. The van der Waals surface area contributed by atoms with E-state index in [4.69, 9.17) is 11.6 Å². The van der Waals surface area contributed by atoms with Crippen LogP contribution in [0.3, 0.4) is 0 Å². The predicted molar refractivity (Wildman–Crippen MR) is 76.5 cm³/mol. The molecule has 0 bridgehead atoms. The Morgan fingerprint density at radius 2 is 1.89 bits per heavy atom. The molecule has 0 atom stereocenters. The van der Waals surface area contributed by atoms with E-state index in [9.17, 15) is 9.50 Å². The number of benzene rings is 2. The van der Waals surface area contributed by atoms with Crippen molar-refractivity contribution in [1.29, 1.82) is 0 Å². The number of aliphatic hydroxyl groups is 1. The van der Waals surface area contributed by atoms with E-state index < -0.39 is 0 Å². The molecular formula is C15H15ClFNO. The monoisotopic (exact) mass is 279 g/mol. The van der Waals surface area contributed by atoms with Gasteiger partial charge < -0.3 is 10.0 Å². The van der Waals surface area contributed by atoms with Crippen molar-refractivity contribution >= 4 is 23.0 Å². The maximum absolute atomic E-state index is 13.9. The lowest BCUT2D eigenvalue weighted by Gasteiger charge is -2.26. The molecule has 19 heavy (non-hydrogen) atoms. The lowest BCUT2D eigenvalue weighted by Crippen LogP contribution is -2.19. The van der Waals surface area contributed by atoms with Crippen LogP contribution in [0.25, 0.3) is 0 Å². The highest BCUT2D eigenvalue weighted by Crippen LogP contribution is 2.31. The van der Waals surface area contributed by atoms with E-state index in [-0.39, 0.29) is 12.4 Å². The molecule has 0 aliphatic heterocycles. The lowest BCUT2D eigenvalue weighted by molar-refractivity contribution is 0.282. The molecule has 1 N–H and O–H groups in total. The van der Waals surface area contributed by atoms with Crippen molar-refractivity contribution in [2.45, 2.75) is 13.5 Å². The fourth-order valence-electron chi connectivity index (χ4n) is 2.09. The van der Waals surface area contributed by atoms with Crippen LogP contribution in [0.15, 0.2) is 42.5 Å². The maximum atomic E-state index is 13.9. The van der Waals surface area contributed by atoms with Crippen molar-refractivity contribution < 1.29 is 9.50 Å². The number of hydrogen-bond donors (Lipinski definition) is 1. The van der Waals surface area contributed by atoms with E-state index >= 15 is 0 Å². The van der Waals surface area contributed by atoms with Crippen LogP contribution < -0.4 is 4.90 Å². The second-order valence-corrected chi connectivity index (χ2v) is 4.56. The Morgan fingerprint density at radius 3 is 2.53 bits per heavy atom. The number of para-hydroxylation sites is 1. The zero-order valence-electron chi connectivity index (χ0n) is 10.6. The first-order chi connectivity index (χ1) is 9.17. The Morgan fingerprint density at radius 1 is 1.16 bits per heavy atom. The summed E-state index contributed by atoms with van der Waals surface area (Å²) in [5.41, 5.74) is 1.93. The summed E-state index contributed by atoms with van der Waals surface area (Å²) in [6.07, 6.45) is 0. The van der Waals surface area contributed by atoms with Gasteiger partial charge in [0.15, 0.2) is 0 Å². The molecule has 2 nitrogen and oxygen atoms in total. The van der Waals surface area contributed by atoms with Crippen LogP contribution in [0.5, 0.6) is 0 Å². The summed E-state index contributed by atoms with van der Waals surface area (Å²) in [4.78, 5) is 1.82. The molecule has 100 valence electrons. The van der Waals surface area contributed by atoms with Gasteiger partial charge in [0.2, 0.25) is 0 Å². The zero-order chi connectivity index (χ0) is 13.8. The number of hydrogen-bond acceptors (Lipinski definition) is 2. The molecule has 0 saturated carbocycles. The molecule has 2 aromatic rings. The van der Waals surface area contributed by atoms with Crippen LogP contribution in [-0.2, 0) is 6.61 Å². The molecule has 0 saturated heterocycles. The molecule has 0 aromatic heterocycles. The number of nitrogens with zero attached hydrogens (tertiary/aromatic N) is 1. The van der Waals surface area contributed by atoms with Gasteiger partial charge in [-0.1, -0.05) is 23.7 Å². The molecule has 0 spiro atoms. The smallest absolute Gasteiger partial charge is 0.146 e. The lowest BCUT2D eigenvalue weighted by atomic mass is 10.1. The first-order valence-corrected chi connectivity index (χ1v) is 6.46. The molecular weight excluding hydrogens is 265 g/mol. The van der Waals surface area contributed by atoms with Crippen LogP contribution in [0.2, 0.25) is 5.02 Å². The predicted octanol–water partition coefficient (Wildman–Crippen LogP) is 4.13. The van der Waals surface area contributed by atoms with Gasteiger partial charge in [-0.15, -0.1) is 0 Å². The second kappa shape index (κ2) is 6.04. The van der Waals surface area contributed by atoms with E-state index in [0.29, 0.717) is 22.8 Å². The van der Waals surface area contributed by atoms with Crippen molar-refractivity contribution in [2.24, 2.45) is 0 Å². The minimum atomic E-state index is -0.289. The summed E-state index contributed by atoms with van der Waals surface area (Å²) < 4.78 is 13.9. The van der Waals surface area contributed by atoms with Crippen molar-refractivity contribution in [2.75, 3.05) is 11.4 Å². The second-order valence-electron chi connectivity index (χ2n) is 4.13. The molecule has 0 aliphatic carbocycles. The normalized spacial score (nSPS) is 10.5. The quantitative estimate of drug-likeness (QED) is 0.910. The SMILES string of the molecule is CCN(c1ccccc1F)c1ccc(Cl)cc1CO. The third kappa shape index (κ3) is 2.88. The third-order valence-corrected chi connectivity index (χ3v) is 3.20. The van der Waals surface area contributed by atoms with E-state index in [1.807, 2.05) is 11.8 Å². The summed E-state index contributed by atoms with van der Waals surface area (Å²) >= 11 is 5.92. The van der Waals surface area contributed by atoms with Crippen LogP contribution in [0, 0.1) is 5.82 Å². The molecule has 2 rings (SSSR count). The van der Waals surface area contributed by atoms with Gasteiger partial charge in [0.1, 0.15) is 5.82 Å². The van der Waals surface area contributed by atoms with E-state index in [1.54, 1.807) is 36.4 Å². The van der Waals surface area contributed by atoms with Crippen LogP contribution in [0.4, 0.5) is 15.8 Å². The largest absolute Gasteiger partial charge is 0.392 e. The molecule has 0 heterocycles. The molecule has 0 aliphatic rings. The molecule has 4 heteroatoms. The van der Waals surface area contributed by atoms with Gasteiger partial charge in [-0.25, -0.2) is 4.39 Å². The fourth-order valence-corrected chi connectivity index (χ4v) is 2.28. The molecule has 0 amide bonds. The average molecular weight is 280 g/mol. The Bertz CT molecular complexity index is 574. The summed E-state index contributed by atoms with van der Waals surface area (Å²) in [7, 11) is 0. The number of halogens is 2. The number of anilines is 2. The van der Waals surface area contributed by atoms with Gasteiger partial charge >= 0.3 is 0 Å². The van der Waals surface area contributed by atoms with Gasteiger partial charge in [0.25, 0.3) is 0 Å².